The molecule has 8 heteroatoms. The van der Waals surface area contributed by atoms with E-state index >= 15 is 0 Å². The van der Waals surface area contributed by atoms with Gasteiger partial charge in [0, 0.05) is 23.7 Å². The predicted octanol–water partition coefficient (Wildman–Crippen LogP) is 5.28. The van der Waals surface area contributed by atoms with Crippen molar-refractivity contribution < 1.29 is 14.4 Å². The van der Waals surface area contributed by atoms with Gasteiger partial charge in [0.2, 0.25) is 5.91 Å². The van der Waals surface area contributed by atoms with Gasteiger partial charge in [0.1, 0.15) is 5.37 Å². The summed E-state index contributed by atoms with van der Waals surface area (Å²) in [5, 5.41) is 6.06. The number of amides is 3. The fourth-order valence-corrected chi connectivity index (χ4v) is 5.05. The van der Waals surface area contributed by atoms with E-state index in [1.54, 1.807) is 54.2 Å². The highest BCUT2D eigenvalue weighted by atomic mass is 35.5. The highest BCUT2D eigenvalue weighted by molar-refractivity contribution is 8.00. The molecule has 1 saturated heterocycles. The van der Waals surface area contributed by atoms with Crippen LogP contribution in [0.3, 0.4) is 0 Å². The fraction of sp³-hybridized carbons (Fsp3) is 0.148. The van der Waals surface area contributed by atoms with Crippen molar-refractivity contribution in [2.45, 2.75) is 11.9 Å². The van der Waals surface area contributed by atoms with Crippen LogP contribution >= 0.6 is 23.4 Å². The maximum Gasteiger partial charge on any atom is 0.255 e. The van der Waals surface area contributed by atoms with Crippen LogP contribution in [0.5, 0.6) is 0 Å². The number of hydrogen-bond donors (Lipinski definition) is 2. The smallest absolute Gasteiger partial charge is 0.255 e. The molecule has 1 atom stereocenters. The van der Waals surface area contributed by atoms with Gasteiger partial charge in [0.05, 0.1) is 17.0 Å². The lowest BCUT2D eigenvalue weighted by Gasteiger charge is -2.24. The van der Waals surface area contributed by atoms with Gasteiger partial charge in [0.25, 0.3) is 11.8 Å². The second kappa shape index (κ2) is 11.3. The molecule has 4 rings (SSSR count). The summed E-state index contributed by atoms with van der Waals surface area (Å²) in [7, 11) is 0. The summed E-state index contributed by atoms with van der Waals surface area (Å²) in [4.78, 5) is 39.6. The van der Waals surface area contributed by atoms with E-state index in [4.69, 9.17) is 11.6 Å². The maximum atomic E-state index is 12.9. The predicted molar refractivity (Wildman–Crippen MR) is 141 cm³/mol. The lowest BCUT2D eigenvalue weighted by atomic mass is 10.1. The van der Waals surface area contributed by atoms with Crippen molar-refractivity contribution in [1.82, 2.24) is 10.2 Å². The van der Waals surface area contributed by atoms with Gasteiger partial charge in [-0.25, -0.2) is 0 Å². The molecule has 3 aromatic carbocycles. The Morgan fingerprint density at radius 2 is 1.74 bits per heavy atom. The molecule has 2 N–H and O–H groups in total. The molecule has 1 aliphatic heterocycles. The Morgan fingerprint density at radius 3 is 2.46 bits per heavy atom. The number of benzene rings is 3. The highest BCUT2D eigenvalue weighted by Gasteiger charge is 2.32. The Bertz CT molecular complexity index is 1250. The molecule has 1 aliphatic rings. The molecule has 0 spiro atoms. The Kier molecular flexibility index (Phi) is 7.90. The van der Waals surface area contributed by atoms with Gasteiger partial charge in [-0.15, -0.1) is 18.3 Å². The standard InChI is InChI=1S/C27H24ClN3O3S/c1-2-15-29-26(34)22-5-3-4-6-23(22)30-25(33)19-9-11-20(12-10-19)27-31(24(32)17-35-27)16-18-7-13-21(28)14-8-18/h2-14,27H,1,15-17H2,(H,29,34)(H,30,33)/t27-/m1/s1. The van der Waals surface area contributed by atoms with Gasteiger partial charge in [-0.3, -0.25) is 14.4 Å². The summed E-state index contributed by atoms with van der Waals surface area (Å²) < 4.78 is 0. The van der Waals surface area contributed by atoms with Crippen LogP contribution in [0.4, 0.5) is 5.69 Å². The van der Waals surface area contributed by atoms with Gasteiger partial charge >= 0.3 is 0 Å². The summed E-state index contributed by atoms with van der Waals surface area (Å²) >= 11 is 7.54. The molecular formula is C27H24ClN3O3S. The van der Waals surface area contributed by atoms with E-state index in [9.17, 15) is 14.4 Å². The van der Waals surface area contributed by atoms with Crippen LogP contribution in [0.25, 0.3) is 0 Å². The summed E-state index contributed by atoms with van der Waals surface area (Å²) in [5.74, 6) is -0.137. The molecule has 0 aromatic heterocycles. The van der Waals surface area contributed by atoms with Crippen LogP contribution in [-0.4, -0.2) is 34.9 Å². The molecule has 0 aliphatic carbocycles. The third-order valence-corrected chi connectivity index (χ3v) is 7.03. The van der Waals surface area contributed by atoms with E-state index in [2.05, 4.69) is 17.2 Å². The van der Waals surface area contributed by atoms with Crippen molar-refractivity contribution in [2.24, 2.45) is 0 Å². The summed E-state index contributed by atoms with van der Waals surface area (Å²) in [6, 6.07) is 21.5. The second-order valence-electron chi connectivity index (χ2n) is 7.93. The molecule has 178 valence electrons. The number of halogens is 1. The van der Waals surface area contributed by atoms with Crippen molar-refractivity contribution in [3.63, 3.8) is 0 Å². The molecule has 35 heavy (non-hydrogen) atoms. The van der Waals surface area contributed by atoms with Crippen molar-refractivity contribution >= 4 is 46.8 Å². The number of nitrogens with one attached hydrogen (secondary N) is 2. The van der Waals surface area contributed by atoms with Gasteiger partial charge in [0.15, 0.2) is 0 Å². The molecule has 0 saturated carbocycles. The number of para-hydroxylation sites is 1. The van der Waals surface area contributed by atoms with E-state index in [1.165, 1.54) is 0 Å². The zero-order chi connectivity index (χ0) is 24.8. The highest BCUT2D eigenvalue weighted by Crippen LogP contribution is 2.39. The van der Waals surface area contributed by atoms with Crippen LogP contribution in [0.1, 0.15) is 37.2 Å². The van der Waals surface area contributed by atoms with E-state index in [0.29, 0.717) is 40.7 Å². The first-order valence-corrected chi connectivity index (χ1v) is 12.4. The normalized spacial score (nSPS) is 15.1. The van der Waals surface area contributed by atoms with Crippen LogP contribution in [-0.2, 0) is 11.3 Å². The number of carbonyl (C=O) groups excluding carboxylic acids is 3. The average molecular weight is 506 g/mol. The Morgan fingerprint density at radius 1 is 1.03 bits per heavy atom. The second-order valence-corrected chi connectivity index (χ2v) is 9.44. The van der Waals surface area contributed by atoms with Crippen LogP contribution in [0.15, 0.2) is 85.5 Å². The van der Waals surface area contributed by atoms with Gasteiger partial charge in [-0.05, 0) is 47.5 Å². The molecule has 3 aromatic rings. The Balaban J connectivity index is 1.46. The number of rotatable bonds is 8. The third-order valence-electron chi connectivity index (χ3n) is 5.52. The van der Waals surface area contributed by atoms with E-state index < -0.39 is 0 Å². The zero-order valence-corrected chi connectivity index (χ0v) is 20.4. The van der Waals surface area contributed by atoms with Gasteiger partial charge < -0.3 is 15.5 Å². The molecule has 1 heterocycles. The quantitative estimate of drug-likeness (QED) is 0.408. The van der Waals surface area contributed by atoms with Crippen LogP contribution < -0.4 is 10.6 Å². The van der Waals surface area contributed by atoms with Gasteiger partial charge in [-0.2, -0.15) is 0 Å². The lowest BCUT2D eigenvalue weighted by molar-refractivity contribution is -0.128. The van der Waals surface area contributed by atoms with Crippen molar-refractivity contribution in [2.75, 3.05) is 17.6 Å². The third kappa shape index (κ3) is 5.93. The number of carbonyl (C=O) groups is 3. The molecule has 0 radical (unpaired) electrons. The van der Waals surface area contributed by atoms with Gasteiger partial charge in [-0.1, -0.05) is 54.1 Å². The van der Waals surface area contributed by atoms with Crippen molar-refractivity contribution in [1.29, 1.82) is 0 Å². The number of thioether (sulfide) groups is 1. The molecular weight excluding hydrogens is 482 g/mol. The lowest BCUT2D eigenvalue weighted by Crippen LogP contribution is -2.27. The minimum Gasteiger partial charge on any atom is -0.349 e. The van der Waals surface area contributed by atoms with Crippen molar-refractivity contribution in [3.05, 3.63) is 113 Å². The molecule has 3 amide bonds. The zero-order valence-electron chi connectivity index (χ0n) is 18.9. The number of hydrogen-bond acceptors (Lipinski definition) is 4. The molecule has 1 fully saturated rings. The summed E-state index contributed by atoms with van der Waals surface area (Å²) in [6.45, 7) is 4.41. The fourth-order valence-electron chi connectivity index (χ4n) is 3.73. The number of anilines is 1. The molecule has 0 unspecified atom stereocenters. The van der Waals surface area contributed by atoms with Crippen molar-refractivity contribution in [3.8, 4) is 0 Å². The summed E-state index contributed by atoms with van der Waals surface area (Å²) in [6.07, 6.45) is 1.59. The Labute approximate surface area is 213 Å². The van der Waals surface area contributed by atoms with E-state index in [1.807, 2.05) is 41.3 Å². The first-order chi connectivity index (χ1) is 17.0. The van der Waals surface area contributed by atoms with E-state index in [0.717, 1.165) is 11.1 Å². The maximum absolute atomic E-state index is 12.9. The molecule has 0 bridgehead atoms. The average Bonchev–Trinajstić information content (AvgIpc) is 3.24. The minimum atomic E-state index is -0.325. The molecule has 6 nitrogen and oxygen atoms in total. The van der Waals surface area contributed by atoms with Crippen LogP contribution in [0, 0.1) is 0 Å². The SMILES string of the molecule is C=CCNC(=O)c1ccccc1NC(=O)c1ccc([C@H]2SCC(=O)N2Cc2ccc(Cl)cc2)cc1. The monoisotopic (exact) mass is 505 g/mol. The number of nitrogens with zero attached hydrogens (tertiary/aromatic N) is 1. The first kappa shape index (κ1) is 24.6. The largest absolute Gasteiger partial charge is 0.349 e. The van der Waals surface area contributed by atoms with Crippen LogP contribution in [0.2, 0.25) is 5.02 Å². The minimum absolute atomic E-state index is 0.0723. The summed E-state index contributed by atoms with van der Waals surface area (Å²) in [5.41, 5.74) is 3.19. The van der Waals surface area contributed by atoms with E-state index in [-0.39, 0.29) is 23.1 Å². The topological polar surface area (TPSA) is 78.5 Å². The Hall–Kier alpha value is -3.55. The first-order valence-electron chi connectivity index (χ1n) is 11.0.